The molecule has 1 aromatic rings. The van der Waals surface area contributed by atoms with Crippen molar-refractivity contribution in [3.8, 4) is 0 Å². The number of hydrogen-bond acceptors (Lipinski definition) is 2. The monoisotopic (exact) mass is 327 g/mol. The van der Waals surface area contributed by atoms with Crippen molar-refractivity contribution >= 4 is 22.0 Å². The van der Waals surface area contributed by atoms with Gasteiger partial charge in [0.15, 0.2) is 0 Å². The van der Waals surface area contributed by atoms with Crippen LogP contribution in [0.2, 0.25) is 0 Å². The van der Waals surface area contributed by atoms with E-state index in [1.165, 1.54) is 0 Å². The van der Waals surface area contributed by atoms with E-state index in [0.29, 0.717) is 6.54 Å². The molecule has 0 aliphatic carbocycles. The fraction of sp³-hybridized carbons (Fsp3) is 0.533. The van der Waals surface area contributed by atoms with Crippen molar-refractivity contribution in [2.45, 2.75) is 46.3 Å². The quantitative estimate of drug-likeness (QED) is 0.800. The standard InChI is InChI=1S/C15H22BrNO2/c1-6-17(14(18)19-15(3,4)5)11(2)12-8-7-9-13(16)10-12/h7-11H,6H2,1-5H3/t11-/m1/s1. The number of hydrogen-bond donors (Lipinski definition) is 0. The molecule has 4 heteroatoms. The number of amides is 1. The van der Waals surface area contributed by atoms with Crippen molar-refractivity contribution in [2.75, 3.05) is 6.54 Å². The topological polar surface area (TPSA) is 29.5 Å². The van der Waals surface area contributed by atoms with Gasteiger partial charge in [-0.3, -0.25) is 0 Å². The normalized spacial score (nSPS) is 12.9. The van der Waals surface area contributed by atoms with Crippen LogP contribution in [0.3, 0.4) is 0 Å². The van der Waals surface area contributed by atoms with E-state index in [2.05, 4.69) is 15.9 Å². The largest absolute Gasteiger partial charge is 0.444 e. The lowest BCUT2D eigenvalue weighted by atomic mass is 10.1. The maximum Gasteiger partial charge on any atom is 0.410 e. The van der Waals surface area contributed by atoms with E-state index in [9.17, 15) is 4.79 Å². The second-order valence-electron chi connectivity index (χ2n) is 5.50. The van der Waals surface area contributed by atoms with Crippen molar-refractivity contribution in [1.29, 1.82) is 0 Å². The molecule has 0 fully saturated rings. The van der Waals surface area contributed by atoms with Crippen molar-refractivity contribution in [3.63, 3.8) is 0 Å². The van der Waals surface area contributed by atoms with E-state index < -0.39 is 5.60 Å². The van der Waals surface area contributed by atoms with Gasteiger partial charge in [-0.2, -0.15) is 0 Å². The molecule has 0 aliphatic heterocycles. The van der Waals surface area contributed by atoms with Crippen molar-refractivity contribution < 1.29 is 9.53 Å². The Bertz CT molecular complexity index is 440. The summed E-state index contributed by atoms with van der Waals surface area (Å²) in [6.45, 7) is 10.2. The van der Waals surface area contributed by atoms with Crippen LogP contribution in [0.25, 0.3) is 0 Å². The highest BCUT2D eigenvalue weighted by molar-refractivity contribution is 9.10. The number of carbonyl (C=O) groups is 1. The van der Waals surface area contributed by atoms with Crippen LogP contribution in [0.4, 0.5) is 4.79 Å². The second kappa shape index (κ2) is 6.42. The van der Waals surface area contributed by atoms with Crippen LogP contribution in [-0.2, 0) is 4.74 Å². The molecule has 0 saturated heterocycles. The zero-order valence-electron chi connectivity index (χ0n) is 12.2. The number of ether oxygens (including phenoxy) is 1. The molecule has 0 bridgehead atoms. The minimum absolute atomic E-state index is 0.0163. The van der Waals surface area contributed by atoms with E-state index in [1.807, 2.05) is 58.9 Å². The first-order chi connectivity index (χ1) is 8.74. The summed E-state index contributed by atoms with van der Waals surface area (Å²) in [4.78, 5) is 13.9. The van der Waals surface area contributed by atoms with E-state index in [4.69, 9.17) is 4.74 Å². The predicted octanol–water partition coefficient (Wildman–Crippen LogP) is 4.77. The molecule has 0 aliphatic rings. The molecule has 1 aromatic carbocycles. The lowest BCUT2D eigenvalue weighted by Gasteiger charge is -2.31. The molecule has 3 nitrogen and oxygen atoms in total. The highest BCUT2D eigenvalue weighted by Gasteiger charge is 2.25. The van der Waals surface area contributed by atoms with Crippen LogP contribution in [0.15, 0.2) is 28.7 Å². The zero-order chi connectivity index (χ0) is 14.6. The molecule has 0 heterocycles. The molecular formula is C15H22BrNO2. The van der Waals surface area contributed by atoms with Crippen LogP contribution in [0.1, 0.15) is 46.2 Å². The first-order valence-corrected chi connectivity index (χ1v) is 7.29. The van der Waals surface area contributed by atoms with E-state index in [1.54, 1.807) is 4.90 Å². The molecule has 106 valence electrons. The Labute approximate surface area is 124 Å². The van der Waals surface area contributed by atoms with Crippen LogP contribution in [-0.4, -0.2) is 23.1 Å². The summed E-state index contributed by atoms with van der Waals surface area (Å²) >= 11 is 3.45. The smallest absolute Gasteiger partial charge is 0.410 e. The highest BCUT2D eigenvalue weighted by Crippen LogP contribution is 2.24. The zero-order valence-corrected chi connectivity index (χ0v) is 13.8. The summed E-state index contributed by atoms with van der Waals surface area (Å²) in [6.07, 6.45) is -0.275. The van der Waals surface area contributed by atoms with E-state index in [0.717, 1.165) is 10.0 Å². The minimum Gasteiger partial charge on any atom is -0.444 e. The molecule has 0 saturated carbocycles. The Morgan fingerprint density at radius 1 is 1.42 bits per heavy atom. The van der Waals surface area contributed by atoms with Crippen LogP contribution >= 0.6 is 15.9 Å². The molecule has 0 spiro atoms. The maximum atomic E-state index is 12.2. The third-order valence-electron chi connectivity index (χ3n) is 2.77. The lowest BCUT2D eigenvalue weighted by molar-refractivity contribution is 0.0186. The molecule has 0 N–H and O–H groups in total. The molecule has 19 heavy (non-hydrogen) atoms. The number of benzene rings is 1. The fourth-order valence-corrected chi connectivity index (χ4v) is 2.24. The maximum absolute atomic E-state index is 12.2. The summed E-state index contributed by atoms with van der Waals surface area (Å²) in [6, 6.07) is 7.97. The number of halogens is 1. The number of nitrogens with zero attached hydrogens (tertiary/aromatic N) is 1. The van der Waals surface area contributed by atoms with Gasteiger partial charge in [-0.1, -0.05) is 28.1 Å². The molecule has 0 unspecified atom stereocenters. The molecular weight excluding hydrogens is 306 g/mol. The first kappa shape index (κ1) is 16.0. The van der Waals surface area contributed by atoms with Crippen LogP contribution in [0.5, 0.6) is 0 Å². The van der Waals surface area contributed by atoms with Gasteiger partial charge in [-0.15, -0.1) is 0 Å². The van der Waals surface area contributed by atoms with Crippen molar-refractivity contribution in [2.24, 2.45) is 0 Å². The van der Waals surface area contributed by atoms with Crippen LogP contribution in [0, 0.1) is 0 Å². The number of rotatable bonds is 3. The lowest BCUT2D eigenvalue weighted by Crippen LogP contribution is -2.38. The first-order valence-electron chi connectivity index (χ1n) is 6.49. The van der Waals surface area contributed by atoms with Gasteiger partial charge >= 0.3 is 6.09 Å². The van der Waals surface area contributed by atoms with Gasteiger partial charge in [0.2, 0.25) is 0 Å². The summed E-state index contributed by atoms with van der Waals surface area (Å²) in [5.74, 6) is 0. The Hall–Kier alpha value is -1.03. The average molecular weight is 328 g/mol. The fourth-order valence-electron chi connectivity index (χ4n) is 1.83. The van der Waals surface area contributed by atoms with Gasteiger partial charge in [0.1, 0.15) is 5.60 Å². The van der Waals surface area contributed by atoms with E-state index in [-0.39, 0.29) is 12.1 Å². The van der Waals surface area contributed by atoms with Crippen molar-refractivity contribution in [1.82, 2.24) is 4.90 Å². The van der Waals surface area contributed by atoms with Gasteiger partial charge in [0.25, 0.3) is 0 Å². The molecule has 1 rings (SSSR count). The van der Waals surface area contributed by atoms with Crippen molar-refractivity contribution in [3.05, 3.63) is 34.3 Å². The summed E-state index contributed by atoms with van der Waals surface area (Å²) < 4.78 is 6.45. The Morgan fingerprint density at radius 2 is 2.05 bits per heavy atom. The highest BCUT2D eigenvalue weighted by atomic mass is 79.9. The van der Waals surface area contributed by atoms with Gasteiger partial charge in [-0.05, 0) is 52.3 Å². The Morgan fingerprint density at radius 3 is 2.53 bits per heavy atom. The molecule has 0 aromatic heterocycles. The third-order valence-corrected chi connectivity index (χ3v) is 3.26. The van der Waals surface area contributed by atoms with E-state index >= 15 is 0 Å². The Kier molecular flexibility index (Phi) is 5.41. The average Bonchev–Trinajstić information content (AvgIpc) is 2.27. The molecule has 0 radical (unpaired) electrons. The third kappa shape index (κ3) is 4.86. The van der Waals surface area contributed by atoms with Gasteiger partial charge in [-0.25, -0.2) is 4.79 Å². The van der Waals surface area contributed by atoms with Gasteiger partial charge in [0.05, 0.1) is 6.04 Å². The van der Waals surface area contributed by atoms with Crippen LogP contribution < -0.4 is 0 Å². The second-order valence-corrected chi connectivity index (χ2v) is 6.41. The molecule has 1 amide bonds. The number of carbonyl (C=O) groups excluding carboxylic acids is 1. The molecule has 1 atom stereocenters. The summed E-state index contributed by atoms with van der Waals surface area (Å²) in [5, 5.41) is 0. The van der Waals surface area contributed by atoms with Gasteiger partial charge < -0.3 is 9.64 Å². The summed E-state index contributed by atoms with van der Waals surface area (Å²) in [7, 11) is 0. The summed E-state index contributed by atoms with van der Waals surface area (Å²) in [5.41, 5.74) is 0.615. The van der Waals surface area contributed by atoms with Gasteiger partial charge in [0, 0.05) is 11.0 Å². The minimum atomic E-state index is -0.471. The predicted molar refractivity (Wildman–Crippen MR) is 81.2 cm³/mol. The SMILES string of the molecule is CCN(C(=O)OC(C)(C)C)[C@H](C)c1cccc(Br)c1. The Balaban J connectivity index is 2.88.